The van der Waals surface area contributed by atoms with Gasteiger partial charge in [-0.15, -0.1) is 0 Å². The van der Waals surface area contributed by atoms with E-state index >= 15 is 0 Å². The number of rotatable bonds is 2. The van der Waals surface area contributed by atoms with Gasteiger partial charge in [-0.2, -0.15) is 0 Å². The molecule has 0 aliphatic carbocycles. The monoisotopic (exact) mass is 141 g/mol. The average Bonchev–Trinajstić information content (AvgIpc) is 2.05. The molecule has 0 unspecified atom stereocenters. The maximum atomic E-state index is 11.8. The van der Waals surface area contributed by atoms with Gasteiger partial charge in [-0.25, -0.2) is 8.78 Å². The highest BCUT2D eigenvalue weighted by atomic mass is 19.1. The second-order valence-electron chi connectivity index (χ2n) is 1.99. The van der Waals surface area contributed by atoms with Crippen LogP contribution in [-0.4, -0.2) is 0 Å². The van der Waals surface area contributed by atoms with Gasteiger partial charge in [-0.1, -0.05) is 12.1 Å². The van der Waals surface area contributed by atoms with E-state index in [4.69, 9.17) is 0 Å². The van der Waals surface area contributed by atoms with E-state index in [1.165, 1.54) is 12.1 Å². The molecule has 0 heterocycles. The third-order valence-corrected chi connectivity index (χ3v) is 1.24. The van der Waals surface area contributed by atoms with Crippen molar-refractivity contribution in [1.82, 2.24) is 0 Å². The summed E-state index contributed by atoms with van der Waals surface area (Å²) in [5, 5.41) is 0. The van der Waals surface area contributed by atoms with Crippen LogP contribution < -0.4 is 0 Å². The van der Waals surface area contributed by atoms with Crippen LogP contribution in [0.4, 0.5) is 8.78 Å². The van der Waals surface area contributed by atoms with Crippen molar-refractivity contribution in [1.29, 1.82) is 0 Å². The van der Waals surface area contributed by atoms with Crippen LogP contribution in [0.3, 0.4) is 0 Å². The fraction of sp³-hybridized carbons (Fsp3) is 0.250. The van der Waals surface area contributed by atoms with Crippen molar-refractivity contribution in [3.8, 4) is 0 Å². The van der Waals surface area contributed by atoms with Gasteiger partial charge in [0.1, 0.15) is 13.3 Å². The third kappa shape index (κ3) is 1.53. The molecule has 0 saturated carbocycles. The number of hydrogen-bond donors (Lipinski definition) is 0. The van der Waals surface area contributed by atoms with Crippen LogP contribution in [0.1, 0.15) is 11.1 Å². The molecule has 0 N–H and O–H groups in total. The van der Waals surface area contributed by atoms with Gasteiger partial charge in [0.05, 0.1) is 0 Å². The molecule has 0 bridgehead atoms. The highest BCUT2D eigenvalue weighted by molar-refractivity contribution is 5.19. The molecule has 0 aromatic heterocycles. The lowest BCUT2D eigenvalue weighted by Crippen LogP contribution is -1.81. The molecule has 0 aliphatic rings. The molecule has 1 aromatic rings. The zero-order chi connectivity index (χ0) is 7.40. The highest BCUT2D eigenvalue weighted by Crippen LogP contribution is 2.05. The molecule has 1 radical (unpaired) electrons. The van der Waals surface area contributed by atoms with Crippen LogP contribution in [0.25, 0.3) is 0 Å². The number of benzene rings is 1. The Kier molecular flexibility index (Phi) is 2.37. The fourth-order valence-electron chi connectivity index (χ4n) is 0.655. The van der Waals surface area contributed by atoms with E-state index in [2.05, 4.69) is 6.07 Å². The van der Waals surface area contributed by atoms with Crippen molar-refractivity contribution >= 4 is 0 Å². The minimum absolute atomic E-state index is 0.470. The number of halogens is 2. The van der Waals surface area contributed by atoms with E-state index in [0.717, 1.165) is 0 Å². The van der Waals surface area contributed by atoms with Gasteiger partial charge in [0.2, 0.25) is 0 Å². The van der Waals surface area contributed by atoms with Crippen LogP contribution >= 0.6 is 0 Å². The molecule has 0 atom stereocenters. The Bertz CT molecular complexity index is 168. The quantitative estimate of drug-likeness (QED) is 0.593. The Balaban J connectivity index is 2.80. The molecule has 0 aliphatic heterocycles. The molecule has 0 fully saturated rings. The third-order valence-electron chi connectivity index (χ3n) is 1.24. The van der Waals surface area contributed by atoms with Crippen molar-refractivity contribution in [2.24, 2.45) is 0 Å². The molecular formula is C8H7F2. The Morgan fingerprint density at radius 1 is 1.20 bits per heavy atom. The van der Waals surface area contributed by atoms with Crippen LogP contribution in [-0.2, 0) is 13.3 Å². The highest BCUT2D eigenvalue weighted by Gasteiger charge is 1.92. The maximum absolute atomic E-state index is 11.8. The maximum Gasteiger partial charge on any atom is 0.115 e. The number of hydrogen-bond acceptors (Lipinski definition) is 0. The van der Waals surface area contributed by atoms with Crippen LogP contribution in [0.2, 0.25) is 0 Å². The van der Waals surface area contributed by atoms with Gasteiger partial charge in [-0.05, 0) is 23.3 Å². The molecule has 1 aromatic carbocycles. The lowest BCUT2D eigenvalue weighted by molar-refractivity contribution is 0.479. The van der Waals surface area contributed by atoms with Crippen molar-refractivity contribution in [3.63, 3.8) is 0 Å². The Morgan fingerprint density at radius 3 is 2.40 bits per heavy atom. The van der Waals surface area contributed by atoms with Crippen molar-refractivity contribution in [2.75, 3.05) is 0 Å². The summed E-state index contributed by atoms with van der Waals surface area (Å²) in [4.78, 5) is 0. The predicted octanol–water partition coefficient (Wildman–Crippen LogP) is 2.43. The average molecular weight is 141 g/mol. The second kappa shape index (κ2) is 3.30. The first-order valence-electron chi connectivity index (χ1n) is 2.98. The smallest absolute Gasteiger partial charge is 0.115 e. The van der Waals surface area contributed by atoms with Gasteiger partial charge < -0.3 is 0 Å². The Morgan fingerprint density at radius 2 is 2.00 bits per heavy atom. The van der Waals surface area contributed by atoms with Gasteiger partial charge in [0, 0.05) is 0 Å². The van der Waals surface area contributed by atoms with E-state index < -0.39 is 13.3 Å². The molecule has 0 saturated heterocycles. The van der Waals surface area contributed by atoms with Crippen LogP contribution in [0, 0.1) is 6.07 Å². The summed E-state index contributed by atoms with van der Waals surface area (Å²) < 4.78 is 23.7. The fourth-order valence-corrected chi connectivity index (χ4v) is 0.655. The van der Waals surface area contributed by atoms with E-state index in [-0.39, 0.29) is 0 Å². The first-order chi connectivity index (χ1) is 4.86. The summed E-state index contributed by atoms with van der Waals surface area (Å²) in [5.41, 5.74) is 1.01. The van der Waals surface area contributed by atoms with E-state index in [1.807, 2.05) is 0 Å². The standard InChI is InChI=1S/C8H7F2/c9-5-7-1-2-8(6-10)4-3-7/h1-3H,5-6H2. The van der Waals surface area contributed by atoms with E-state index in [1.54, 1.807) is 6.07 Å². The molecular weight excluding hydrogens is 134 g/mol. The molecule has 0 amide bonds. The van der Waals surface area contributed by atoms with Gasteiger partial charge in [-0.3, -0.25) is 0 Å². The topological polar surface area (TPSA) is 0 Å². The molecule has 1 rings (SSSR count). The summed E-state index contributed by atoms with van der Waals surface area (Å²) in [6, 6.07) is 7.19. The van der Waals surface area contributed by atoms with E-state index in [9.17, 15) is 8.78 Å². The van der Waals surface area contributed by atoms with Gasteiger partial charge in [0.15, 0.2) is 0 Å². The lowest BCUT2D eigenvalue weighted by Gasteiger charge is -1.94. The largest absolute Gasteiger partial charge is 0.246 e. The zero-order valence-corrected chi connectivity index (χ0v) is 5.40. The summed E-state index contributed by atoms with van der Waals surface area (Å²) in [5.74, 6) is 0. The minimum atomic E-state index is -0.535. The molecule has 0 spiro atoms. The summed E-state index contributed by atoms with van der Waals surface area (Å²) in [6.45, 7) is -1.05. The van der Waals surface area contributed by atoms with Crippen molar-refractivity contribution in [3.05, 3.63) is 35.4 Å². The van der Waals surface area contributed by atoms with Crippen LogP contribution in [0.15, 0.2) is 18.2 Å². The SMILES string of the molecule is FCc1[c]cc(CF)cc1. The Labute approximate surface area is 58.5 Å². The van der Waals surface area contributed by atoms with Gasteiger partial charge in [0.25, 0.3) is 0 Å². The summed E-state index contributed by atoms with van der Waals surface area (Å²) in [7, 11) is 0. The normalized spacial score (nSPS) is 9.80. The lowest BCUT2D eigenvalue weighted by atomic mass is 10.2. The van der Waals surface area contributed by atoms with Crippen LogP contribution in [0.5, 0.6) is 0 Å². The van der Waals surface area contributed by atoms with E-state index in [0.29, 0.717) is 11.1 Å². The zero-order valence-electron chi connectivity index (χ0n) is 5.40. The first kappa shape index (κ1) is 7.19. The summed E-state index contributed by atoms with van der Waals surface area (Å²) >= 11 is 0. The second-order valence-corrected chi connectivity index (χ2v) is 1.99. The van der Waals surface area contributed by atoms with Crippen molar-refractivity contribution < 1.29 is 8.78 Å². The summed E-state index contributed by atoms with van der Waals surface area (Å²) in [6.07, 6.45) is 0. The van der Waals surface area contributed by atoms with Crippen molar-refractivity contribution in [2.45, 2.75) is 13.3 Å². The molecule has 10 heavy (non-hydrogen) atoms. The molecule has 53 valence electrons. The Hall–Kier alpha value is -0.920. The number of alkyl halides is 2. The molecule has 0 nitrogen and oxygen atoms in total. The minimum Gasteiger partial charge on any atom is -0.246 e. The first-order valence-corrected chi connectivity index (χ1v) is 2.98. The van der Waals surface area contributed by atoms with Gasteiger partial charge >= 0.3 is 0 Å². The molecule has 2 heteroatoms. The predicted molar refractivity (Wildman–Crippen MR) is 34.9 cm³/mol.